The number of ether oxygens (including phenoxy) is 1. The Morgan fingerprint density at radius 2 is 2.00 bits per heavy atom. The lowest BCUT2D eigenvalue weighted by Gasteiger charge is -2.25. The standard InChI is InChI=1S/C21H21N5O3/c27-20(15-10-22-21(23-11-15)24-16-4-2-1-3-5-16)26-8-6-18-17(12-26)25-19(29-18)14-7-9-28-13-14/h1-5,10-11,14H,6-9,12-13H2,(H,22,23,24). The molecule has 1 atom stereocenters. The summed E-state index contributed by atoms with van der Waals surface area (Å²) >= 11 is 0. The normalized spacial score (nSPS) is 18.5. The number of benzene rings is 1. The first-order valence-corrected chi connectivity index (χ1v) is 9.76. The van der Waals surface area contributed by atoms with Crippen molar-refractivity contribution in [2.75, 3.05) is 25.1 Å². The molecule has 2 aromatic heterocycles. The van der Waals surface area contributed by atoms with Gasteiger partial charge in [0.1, 0.15) is 11.5 Å². The molecule has 4 heterocycles. The Morgan fingerprint density at radius 3 is 2.76 bits per heavy atom. The Kier molecular flexibility index (Phi) is 4.69. The Bertz CT molecular complexity index is 997. The van der Waals surface area contributed by atoms with Gasteiger partial charge >= 0.3 is 0 Å². The second-order valence-corrected chi connectivity index (χ2v) is 7.25. The van der Waals surface area contributed by atoms with E-state index >= 15 is 0 Å². The highest BCUT2D eigenvalue weighted by Gasteiger charge is 2.30. The quantitative estimate of drug-likeness (QED) is 0.731. The lowest BCUT2D eigenvalue weighted by atomic mass is 10.1. The van der Waals surface area contributed by atoms with Crippen molar-refractivity contribution in [1.82, 2.24) is 19.9 Å². The molecule has 0 bridgehead atoms. The van der Waals surface area contributed by atoms with Gasteiger partial charge in [-0.1, -0.05) is 18.2 Å². The van der Waals surface area contributed by atoms with Gasteiger partial charge in [-0.15, -0.1) is 0 Å². The fraction of sp³-hybridized carbons (Fsp3) is 0.333. The molecule has 5 rings (SSSR count). The zero-order valence-electron chi connectivity index (χ0n) is 15.9. The predicted molar refractivity (Wildman–Crippen MR) is 105 cm³/mol. The molecule has 3 aromatic rings. The molecular formula is C21H21N5O3. The monoisotopic (exact) mass is 391 g/mol. The van der Waals surface area contributed by atoms with Crippen LogP contribution in [0.2, 0.25) is 0 Å². The van der Waals surface area contributed by atoms with E-state index in [0.717, 1.165) is 36.1 Å². The number of carbonyl (C=O) groups is 1. The van der Waals surface area contributed by atoms with Gasteiger partial charge in [-0.05, 0) is 18.6 Å². The molecule has 148 valence electrons. The highest BCUT2D eigenvalue weighted by Crippen LogP contribution is 2.29. The van der Waals surface area contributed by atoms with Crippen molar-refractivity contribution in [2.24, 2.45) is 0 Å². The van der Waals surface area contributed by atoms with Crippen LogP contribution >= 0.6 is 0 Å². The van der Waals surface area contributed by atoms with Crippen molar-refractivity contribution < 1.29 is 13.9 Å². The Balaban J connectivity index is 1.26. The van der Waals surface area contributed by atoms with E-state index in [1.165, 1.54) is 0 Å². The molecule has 1 fully saturated rings. The van der Waals surface area contributed by atoms with Crippen LogP contribution in [0.5, 0.6) is 0 Å². The number of nitrogens with one attached hydrogen (secondary N) is 1. The molecule has 0 saturated carbocycles. The van der Waals surface area contributed by atoms with E-state index in [0.29, 0.717) is 37.6 Å². The summed E-state index contributed by atoms with van der Waals surface area (Å²) in [5, 5.41) is 3.11. The fourth-order valence-electron chi connectivity index (χ4n) is 3.63. The van der Waals surface area contributed by atoms with Gasteiger partial charge in [0.2, 0.25) is 5.95 Å². The SMILES string of the molecule is O=C(c1cnc(Nc2ccccc2)nc1)N1CCc2oc(C3CCOC3)nc2C1. The minimum atomic E-state index is -0.101. The van der Waals surface area contributed by atoms with E-state index < -0.39 is 0 Å². The number of aromatic nitrogens is 3. The van der Waals surface area contributed by atoms with Crippen LogP contribution in [0.25, 0.3) is 0 Å². The van der Waals surface area contributed by atoms with Gasteiger partial charge in [0.05, 0.1) is 24.6 Å². The van der Waals surface area contributed by atoms with Crippen LogP contribution in [0.4, 0.5) is 11.6 Å². The van der Waals surface area contributed by atoms with Crippen LogP contribution in [0.3, 0.4) is 0 Å². The number of nitrogens with zero attached hydrogens (tertiary/aromatic N) is 4. The zero-order chi connectivity index (χ0) is 19.6. The molecule has 29 heavy (non-hydrogen) atoms. The first kappa shape index (κ1) is 17.8. The van der Waals surface area contributed by atoms with E-state index in [1.807, 2.05) is 30.3 Å². The van der Waals surface area contributed by atoms with Crippen LogP contribution in [-0.4, -0.2) is 45.5 Å². The predicted octanol–water partition coefficient (Wildman–Crippen LogP) is 2.91. The van der Waals surface area contributed by atoms with Gasteiger partial charge in [0.15, 0.2) is 5.89 Å². The maximum atomic E-state index is 12.9. The maximum absolute atomic E-state index is 12.9. The number of rotatable bonds is 4. The average molecular weight is 391 g/mol. The Morgan fingerprint density at radius 1 is 1.17 bits per heavy atom. The third kappa shape index (κ3) is 3.71. The van der Waals surface area contributed by atoms with Crippen molar-refractivity contribution in [3.8, 4) is 0 Å². The van der Waals surface area contributed by atoms with Crippen LogP contribution in [0.15, 0.2) is 47.1 Å². The first-order chi connectivity index (χ1) is 14.3. The number of anilines is 2. The summed E-state index contributed by atoms with van der Waals surface area (Å²) in [6.45, 7) is 2.43. The topological polar surface area (TPSA) is 93.4 Å². The maximum Gasteiger partial charge on any atom is 0.257 e. The Labute approximate surface area is 167 Å². The molecule has 2 aliphatic heterocycles. The van der Waals surface area contributed by atoms with Crippen molar-refractivity contribution in [1.29, 1.82) is 0 Å². The number of oxazole rings is 1. The van der Waals surface area contributed by atoms with Gasteiger partial charge in [-0.25, -0.2) is 15.0 Å². The highest BCUT2D eigenvalue weighted by molar-refractivity contribution is 5.93. The Hall–Kier alpha value is -3.26. The summed E-state index contributed by atoms with van der Waals surface area (Å²) in [6.07, 6.45) is 4.71. The van der Waals surface area contributed by atoms with Gasteiger partial charge < -0.3 is 19.4 Å². The largest absolute Gasteiger partial charge is 0.445 e. The van der Waals surface area contributed by atoms with Crippen LogP contribution in [0.1, 0.15) is 40.0 Å². The molecule has 1 saturated heterocycles. The molecule has 8 heteroatoms. The lowest BCUT2D eigenvalue weighted by molar-refractivity contribution is 0.0727. The van der Waals surface area contributed by atoms with Crippen molar-refractivity contribution in [3.63, 3.8) is 0 Å². The summed E-state index contributed by atoms with van der Waals surface area (Å²) < 4.78 is 11.4. The van der Waals surface area contributed by atoms with Crippen molar-refractivity contribution >= 4 is 17.5 Å². The second kappa shape index (κ2) is 7.63. The summed E-state index contributed by atoms with van der Waals surface area (Å²) in [5.41, 5.74) is 2.19. The number of hydrogen-bond donors (Lipinski definition) is 1. The van der Waals surface area contributed by atoms with Crippen LogP contribution in [0, 0.1) is 0 Å². The van der Waals surface area contributed by atoms with E-state index in [9.17, 15) is 4.79 Å². The molecule has 1 aromatic carbocycles. The number of para-hydroxylation sites is 1. The van der Waals surface area contributed by atoms with Crippen molar-refractivity contribution in [3.05, 3.63) is 65.6 Å². The zero-order valence-corrected chi connectivity index (χ0v) is 15.9. The fourth-order valence-corrected chi connectivity index (χ4v) is 3.63. The minimum Gasteiger partial charge on any atom is -0.445 e. The molecule has 2 aliphatic rings. The van der Waals surface area contributed by atoms with Crippen molar-refractivity contribution in [2.45, 2.75) is 25.3 Å². The molecular weight excluding hydrogens is 370 g/mol. The third-order valence-electron chi connectivity index (χ3n) is 5.24. The minimum absolute atomic E-state index is 0.101. The van der Waals surface area contributed by atoms with Gasteiger partial charge in [0.25, 0.3) is 5.91 Å². The molecule has 1 unspecified atom stereocenters. The summed E-state index contributed by atoms with van der Waals surface area (Å²) in [4.78, 5) is 27.8. The second-order valence-electron chi connectivity index (χ2n) is 7.25. The molecule has 0 spiro atoms. The summed E-state index contributed by atoms with van der Waals surface area (Å²) in [6, 6.07) is 9.66. The molecule has 1 amide bonds. The van der Waals surface area contributed by atoms with Crippen LogP contribution in [-0.2, 0) is 17.7 Å². The number of carbonyl (C=O) groups excluding carboxylic acids is 1. The van der Waals surface area contributed by atoms with Gasteiger partial charge in [-0.3, -0.25) is 4.79 Å². The van der Waals surface area contributed by atoms with Gasteiger partial charge in [0, 0.05) is 37.7 Å². The van der Waals surface area contributed by atoms with Crippen LogP contribution < -0.4 is 5.32 Å². The van der Waals surface area contributed by atoms with E-state index in [-0.39, 0.29) is 11.8 Å². The molecule has 0 aliphatic carbocycles. The lowest BCUT2D eigenvalue weighted by Crippen LogP contribution is -2.36. The molecule has 1 N–H and O–H groups in total. The summed E-state index contributed by atoms with van der Waals surface area (Å²) in [5.74, 6) is 2.20. The molecule has 0 radical (unpaired) electrons. The molecule has 8 nitrogen and oxygen atoms in total. The number of hydrogen-bond acceptors (Lipinski definition) is 7. The third-order valence-corrected chi connectivity index (χ3v) is 5.24. The van der Waals surface area contributed by atoms with E-state index in [4.69, 9.17) is 9.15 Å². The van der Waals surface area contributed by atoms with Gasteiger partial charge in [-0.2, -0.15) is 0 Å². The average Bonchev–Trinajstić information content (AvgIpc) is 3.44. The first-order valence-electron chi connectivity index (χ1n) is 9.76. The highest BCUT2D eigenvalue weighted by atomic mass is 16.5. The van der Waals surface area contributed by atoms with E-state index in [1.54, 1.807) is 17.3 Å². The number of fused-ring (bicyclic) bond motifs is 1. The number of amides is 1. The summed E-state index contributed by atoms with van der Waals surface area (Å²) in [7, 11) is 0. The van der Waals surface area contributed by atoms with E-state index in [2.05, 4.69) is 20.3 Å². The smallest absolute Gasteiger partial charge is 0.257 e.